The number of anilines is 1. The zero-order chi connectivity index (χ0) is 15.0. The Labute approximate surface area is 118 Å². The van der Waals surface area contributed by atoms with Crippen molar-refractivity contribution in [2.75, 3.05) is 25.1 Å². The van der Waals surface area contributed by atoms with E-state index in [1.54, 1.807) is 6.92 Å². The van der Waals surface area contributed by atoms with Crippen LogP contribution in [0.2, 0.25) is 0 Å². The van der Waals surface area contributed by atoms with Crippen LogP contribution in [0.15, 0.2) is 12.1 Å². The summed E-state index contributed by atoms with van der Waals surface area (Å²) in [7, 11) is 0. The molecule has 1 rings (SSSR count). The molecule has 0 bridgehead atoms. The third-order valence-corrected chi connectivity index (χ3v) is 2.90. The number of benzene rings is 1. The molecule has 1 aromatic rings. The van der Waals surface area contributed by atoms with Crippen molar-refractivity contribution in [3.63, 3.8) is 0 Å². The maximum absolute atomic E-state index is 13.3. The number of nitrogens with one attached hydrogen (secondary N) is 1. The van der Waals surface area contributed by atoms with Gasteiger partial charge in [-0.25, -0.2) is 4.39 Å². The predicted octanol–water partition coefficient (Wildman–Crippen LogP) is 3.66. The Morgan fingerprint density at radius 2 is 2.05 bits per heavy atom. The number of nitrogens with zero attached hydrogens (tertiary/aromatic N) is 1. The molecule has 0 heterocycles. The second-order valence-corrected chi connectivity index (χ2v) is 4.62. The van der Waals surface area contributed by atoms with Gasteiger partial charge in [0.15, 0.2) is 0 Å². The molecule has 0 unspecified atom stereocenters. The molecule has 1 N–H and O–H groups in total. The zero-order valence-corrected chi connectivity index (χ0v) is 11.9. The quantitative estimate of drug-likeness (QED) is 0.427. The number of hydrogen-bond acceptors (Lipinski definition) is 4. The van der Waals surface area contributed by atoms with E-state index in [2.05, 4.69) is 12.2 Å². The van der Waals surface area contributed by atoms with Gasteiger partial charge in [0.25, 0.3) is 5.69 Å². The van der Waals surface area contributed by atoms with Gasteiger partial charge in [0.2, 0.25) is 0 Å². The number of hydrogen-bond donors (Lipinski definition) is 1. The van der Waals surface area contributed by atoms with E-state index >= 15 is 0 Å². The van der Waals surface area contributed by atoms with Crippen LogP contribution in [0.4, 0.5) is 15.8 Å². The van der Waals surface area contributed by atoms with E-state index in [0.29, 0.717) is 24.4 Å². The zero-order valence-electron chi connectivity index (χ0n) is 11.9. The number of nitro groups is 1. The minimum atomic E-state index is -0.581. The van der Waals surface area contributed by atoms with Crippen LogP contribution < -0.4 is 5.32 Å². The van der Waals surface area contributed by atoms with Crippen molar-refractivity contribution in [2.45, 2.75) is 33.1 Å². The maximum atomic E-state index is 13.3. The van der Waals surface area contributed by atoms with Crippen molar-refractivity contribution < 1.29 is 14.1 Å². The van der Waals surface area contributed by atoms with E-state index in [1.165, 1.54) is 6.07 Å². The van der Waals surface area contributed by atoms with Crippen molar-refractivity contribution in [3.05, 3.63) is 33.6 Å². The lowest BCUT2D eigenvalue weighted by Crippen LogP contribution is -2.08. The second-order valence-electron chi connectivity index (χ2n) is 4.62. The van der Waals surface area contributed by atoms with Crippen LogP contribution in [0.5, 0.6) is 0 Å². The van der Waals surface area contributed by atoms with Crippen LogP contribution in [-0.2, 0) is 4.74 Å². The molecule has 0 aliphatic heterocycles. The first-order valence-corrected chi connectivity index (χ1v) is 6.82. The number of aryl methyl sites for hydroxylation is 1. The molecule has 0 atom stereocenters. The number of rotatable bonds is 9. The van der Waals surface area contributed by atoms with Gasteiger partial charge >= 0.3 is 0 Å². The van der Waals surface area contributed by atoms with Gasteiger partial charge in [0.05, 0.1) is 11.0 Å². The molecule has 0 fully saturated rings. The summed E-state index contributed by atoms with van der Waals surface area (Å²) in [5.74, 6) is -0.565. The highest BCUT2D eigenvalue weighted by Gasteiger charge is 2.16. The second kappa shape index (κ2) is 8.47. The van der Waals surface area contributed by atoms with Gasteiger partial charge in [0, 0.05) is 19.8 Å². The molecule has 6 heteroatoms. The molecule has 0 radical (unpaired) electrons. The lowest BCUT2D eigenvalue weighted by Gasteiger charge is -2.09. The van der Waals surface area contributed by atoms with Crippen LogP contribution in [0.1, 0.15) is 31.7 Å². The molecular formula is C14H21FN2O3. The Kier molecular flexibility index (Phi) is 6.93. The van der Waals surface area contributed by atoms with Gasteiger partial charge in [-0.15, -0.1) is 0 Å². The SMILES string of the molecule is CCCCOCCCNc1cc(C)c(F)cc1[N+](=O)[O-]. The van der Waals surface area contributed by atoms with Crippen molar-refractivity contribution in [1.29, 1.82) is 0 Å². The van der Waals surface area contributed by atoms with E-state index in [0.717, 1.165) is 31.9 Å². The summed E-state index contributed by atoms with van der Waals surface area (Å²) < 4.78 is 18.7. The lowest BCUT2D eigenvalue weighted by molar-refractivity contribution is -0.384. The van der Waals surface area contributed by atoms with Crippen LogP contribution in [0, 0.1) is 22.9 Å². The molecule has 1 aromatic carbocycles. The van der Waals surface area contributed by atoms with Crippen molar-refractivity contribution in [2.24, 2.45) is 0 Å². The van der Waals surface area contributed by atoms with Gasteiger partial charge in [0.1, 0.15) is 11.5 Å². The summed E-state index contributed by atoms with van der Waals surface area (Å²) in [5, 5.41) is 13.8. The van der Waals surface area contributed by atoms with Crippen LogP contribution in [-0.4, -0.2) is 24.7 Å². The minimum Gasteiger partial charge on any atom is -0.381 e. The van der Waals surface area contributed by atoms with Gasteiger partial charge in [-0.3, -0.25) is 10.1 Å². The summed E-state index contributed by atoms with van der Waals surface area (Å²) in [6.07, 6.45) is 2.88. The molecule has 0 saturated heterocycles. The summed E-state index contributed by atoms with van der Waals surface area (Å²) in [6, 6.07) is 2.42. The third-order valence-electron chi connectivity index (χ3n) is 2.90. The predicted molar refractivity (Wildman–Crippen MR) is 76.6 cm³/mol. The fraction of sp³-hybridized carbons (Fsp3) is 0.571. The number of halogens is 1. The van der Waals surface area contributed by atoms with E-state index in [4.69, 9.17) is 4.74 Å². The standard InChI is InChI=1S/C14H21FN2O3/c1-3-4-7-20-8-5-6-16-13-9-11(2)12(15)10-14(13)17(18)19/h9-10,16H,3-8H2,1-2H3. The maximum Gasteiger partial charge on any atom is 0.295 e. The Balaban J connectivity index is 2.47. The average molecular weight is 284 g/mol. The summed E-state index contributed by atoms with van der Waals surface area (Å²) in [5.41, 5.74) is 0.500. The van der Waals surface area contributed by atoms with Gasteiger partial charge in [-0.2, -0.15) is 0 Å². The van der Waals surface area contributed by atoms with E-state index in [9.17, 15) is 14.5 Å². The highest BCUT2D eigenvalue weighted by Crippen LogP contribution is 2.27. The fourth-order valence-corrected chi connectivity index (χ4v) is 1.71. The Hall–Kier alpha value is -1.69. The van der Waals surface area contributed by atoms with E-state index in [-0.39, 0.29) is 5.69 Å². The highest BCUT2D eigenvalue weighted by molar-refractivity contribution is 5.63. The molecule has 0 amide bonds. The van der Waals surface area contributed by atoms with Crippen molar-refractivity contribution in [1.82, 2.24) is 0 Å². The topological polar surface area (TPSA) is 64.4 Å². The Morgan fingerprint density at radius 1 is 1.35 bits per heavy atom. The lowest BCUT2D eigenvalue weighted by atomic mass is 10.1. The molecule has 20 heavy (non-hydrogen) atoms. The summed E-state index contributed by atoms with van der Waals surface area (Å²) in [6.45, 7) is 5.59. The van der Waals surface area contributed by atoms with Crippen LogP contribution in [0.3, 0.4) is 0 Å². The van der Waals surface area contributed by atoms with Crippen molar-refractivity contribution in [3.8, 4) is 0 Å². The molecule has 0 spiro atoms. The van der Waals surface area contributed by atoms with Gasteiger partial charge < -0.3 is 10.1 Å². The van der Waals surface area contributed by atoms with Crippen molar-refractivity contribution >= 4 is 11.4 Å². The molecular weight excluding hydrogens is 263 g/mol. The monoisotopic (exact) mass is 284 g/mol. The first-order valence-electron chi connectivity index (χ1n) is 6.82. The summed E-state index contributed by atoms with van der Waals surface area (Å²) >= 11 is 0. The molecule has 0 aromatic heterocycles. The molecule has 5 nitrogen and oxygen atoms in total. The smallest absolute Gasteiger partial charge is 0.295 e. The minimum absolute atomic E-state index is 0.236. The van der Waals surface area contributed by atoms with E-state index < -0.39 is 10.7 Å². The van der Waals surface area contributed by atoms with Gasteiger partial charge in [-0.05, 0) is 31.4 Å². The number of ether oxygens (including phenoxy) is 1. The first kappa shape index (κ1) is 16.4. The number of unbranched alkanes of at least 4 members (excludes halogenated alkanes) is 1. The van der Waals surface area contributed by atoms with Gasteiger partial charge in [-0.1, -0.05) is 13.3 Å². The fourth-order valence-electron chi connectivity index (χ4n) is 1.71. The number of nitro benzene ring substituents is 1. The Bertz CT molecular complexity index is 452. The summed E-state index contributed by atoms with van der Waals surface area (Å²) in [4.78, 5) is 10.3. The average Bonchev–Trinajstić information content (AvgIpc) is 2.41. The van der Waals surface area contributed by atoms with E-state index in [1.807, 2.05) is 0 Å². The normalized spacial score (nSPS) is 10.6. The molecule has 0 saturated carbocycles. The largest absolute Gasteiger partial charge is 0.381 e. The molecule has 112 valence electrons. The third kappa shape index (κ3) is 5.13. The van der Waals surface area contributed by atoms with Crippen LogP contribution >= 0.6 is 0 Å². The Morgan fingerprint density at radius 3 is 2.70 bits per heavy atom. The molecule has 0 aliphatic carbocycles. The molecule has 0 aliphatic rings. The first-order chi connectivity index (χ1) is 9.56. The van der Waals surface area contributed by atoms with Crippen LogP contribution in [0.25, 0.3) is 0 Å². The highest BCUT2D eigenvalue weighted by atomic mass is 19.1.